The van der Waals surface area contributed by atoms with Crippen molar-refractivity contribution in [2.24, 2.45) is 5.10 Å². The molecule has 0 saturated carbocycles. The number of para-hydroxylation sites is 1. The number of hydrogen-bond acceptors (Lipinski definition) is 5. The van der Waals surface area contributed by atoms with Gasteiger partial charge in [0.2, 0.25) is 0 Å². The number of hydrazone groups is 1. The van der Waals surface area contributed by atoms with Gasteiger partial charge in [0.15, 0.2) is 0 Å². The van der Waals surface area contributed by atoms with Gasteiger partial charge in [0.1, 0.15) is 11.5 Å². The number of anilines is 2. The summed E-state index contributed by atoms with van der Waals surface area (Å²) in [6.45, 7) is 7.66. The Kier molecular flexibility index (Phi) is 6.92. The lowest BCUT2D eigenvalue weighted by atomic mass is 10.0. The van der Waals surface area contributed by atoms with Gasteiger partial charge in [0, 0.05) is 34.9 Å². The van der Waals surface area contributed by atoms with Gasteiger partial charge >= 0.3 is 6.03 Å². The molecule has 5 rings (SSSR count). The lowest BCUT2D eigenvalue weighted by Gasteiger charge is -2.19. The van der Waals surface area contributed by atoms with E-state index in [0.29, 0.717) is 30.6 Å². The van der Waals surface area contributed by atoms with Crippen molar-refractivity contribution >= 4 is 35.0 Å². The predicted octanol–water partition coefficient (Wildman–Crippen LogP) is 5.88. The molecule has 0 fully saturated rings. The number of aryl methyl sites for hydroxylation is 1. The van der Waals surface area contributed by atoms with E-state index in [1.54, 1.807) is 4.90 Å². The van der Waals surface area contributed by atoms with E-state index in [-0.39, 0.29) is 6.03 Å². The number of nitrogens with zero attached hydrogens (tertiary/aromatic N) is 6. The van der Waals surface area contributed by atoms with Crippen LogP contribution in [0.5, 0.6) is 0 Å². The molecule has 0 aliphatic carbocycles. The van der Waals surface area contributed by atoms with Crippen molar-refractivity contribution in [2.75, 3.05) is 23.4 Å². The molecule has 9 heteroatoms. The molecule has 4 aromatic rings. The Balaban J connectivity index is 1.56. The number of aromatic nitrogens is 3. The first-order valence-electron chi connectivity index (χ1n) is 12.3. The van der Waals surface area contributed by atoms with Crippen LogP contribution in [0.25, 0.3) is 5.69 Å². The van der Waals surface area contributed by atoms with Crippen molar-refractivity contribution in [3.63, 3.8) is 0 Å². The number of hydrogen-bond donors (Lipinski definition) is 1. The van der Waals surface area contributed by atoms with Crippen molar-refractivity contribution in [3.8, 4) is 5.69 Å². The van der Waals surface area contributed by atoms with Gasteiger partial charge in [-0.3, -0.25) is 4.57 Å². The van der Waals surface area contributed by atoms with Crippen LogP contribution < -0.4 is 10.3 Å². The van der Waals surface area contributed by atoms with Crippen molar-refractivity contribution in [2.45, 2.75) is 27.3 Å². The third kappa shape index (κ3) is 4.93. The van der Waals surface area contributed by atoms with E-state index in [0.717, 1.165) is 39.6 Å². The zero-order chi connectivity index (χ0) is 25.9. The number of benzene rings is 3. The molecule has 8 nitrogen and oxygen atoms in total. The van der Waals surface area contributed by atoms with E-state index in [1.807, 2.05) is 91.0 Å². The number of carbonyl (C=O) groups excluding carboxylic acids is 1. The summed E-state index contributed by atoms with van der Waals surface area (Å²) in [5.74, 6) is 1.41. The quantitative estimate of drug-likeness (QED) is 0.349. The molecule has 188 valence electrons. The molecular formula is C28H28ClN7O. The average molecular weight is 514 g/mol. The number of fused-ring (bicyclic) bond motifs is 3. The van der Waals surface area contributed by atoms with Gasteiger partial charge < -0.3 is 10.2 Å². The second-order valence-corrected chi connectivity index (χ2v) is 9.15. The molecule has 0 saturated heterocycles. The summed E-state index contributed by atoms with van der Waals surface area (Å²) in [7, 11) is 0. The number of urea groups is 1. The normalized spacial score (nSPS) is 12.3. The smallest absolute Gasteiger partial charge is 0.321 e. The molecule has 2 amide bonds. The molecular weight excluding hydrogens is 486 g/mol. The van der Waals surface area contributed by atoms with E-state index in [4.69, 9.17) is 16.7 Å². The maximum atomic E-state index is 12.5. The second kappa shape index (κ2) is 10.4. The minimum absolute atomic E-state index is 0.113. The van der Waals surface area contributed by atoms with Crippen molar-refractivity contribution in [1.82, 2.24) is 19.7 Å². The van der Waals surface area contributed by atoms with E-state index < -0.39 is 0 Å². The zero-order valence-corrected chi connectivity index (χ0v) is 21.8. The number of rotatable bonds is 6. The number of nitrogens with one attached hydrogen (secondary N) is 1. The van der Waals surface area contributed by atoms with E-state index in [1.165, 1.54) is 0 Å². The fourth-order valence-corrected chi connectivity index (χ4v) is 4.52. The molecule has 0 bridgehead atoms. The Morgan fingerprint density at radius 2 is 1.65 bits per heavy atom. The Hall–Kier alpha value is -4.17. The van der Waals surface area contributed by atoms with E-state index >= 15 is 0 Å². The molecule has 1 aliphatic rings. The topological polar surface area (TPSA) is 78.7 Å². The molecule has 1 N–H and O–H groups in total. The van der Waals surface area contributed by atoms with Crippen LogP contribution in [0, 0.1) is 6.92 Å². The zero-order valence-electron chi connectivity index (χ0n) is 21.0. The molecule has 0 atom stereocenters. The van der Waals surface area contributed by atoms with Crippen LogP contribution in [0.15, 0.2) is 77.9 Å². The van der Waals surface area contributed by atoms with Crippen molar-refractivity contribution in [3.05, 3.63) is 100 Å². The third-order valence-electron chi connectivity index (χ3n) is 6.37. The Labute approximate surface area is 221 Å². The third-order valence-corrected chi connectivity index (χ3v) is 6.62. The molecule has 0 spiro atoms. The summed E-state index contributed by atoms with van der Waals surface area (Å²) in [4.78, 5) is 14.2. The van der Waals surface area contributed by atoms with E-state index in [9.17, 15) is 4.79 Å². The van der Waals surface area contributed by atoms with Crippen LogP contribution in [-0.2, 0) is 6.54 Å². The molecule has 37 heavy (non-hydrogen) atoms. The average Bonchev–Trinajstić information content (AvgIpc) is 3.23. The highest BCUT2D eigenvalue weighted by molar-refractivity contribution is 6.30. The van der Waals surface area contributed by atoms with Crippen molar-refractivity contribution < 1.29 is 4.79 Å². The Bertz CT molecular complexity index is 1440. The standard InChI is InChI=1S/C28H28ClN7O/c1-4-34(5-2)28(37)30-23-16-12-21(13-17-23)26-24-8-6-7-9-25(24)36-19(3)31-32-27(36)35(33-26)18-20-10-14-22(29)15-11-20/h6-17H,4-5,18H2,1-3H3,(H,30,37). The van der Waals surface area contributed by atoms with Gasteiger partial charge in [-0.2, -0.15) is 5.10 Å². The fourth-order valence-electron chi connectivity index (χ4n) is 4.40. The monoisotopic (exact) mass is 513 g/mol. The fraction of sp³-hybridized carbons (Fsp3) is 0.214. The van der Waals surface area contributed by atoms with Gasteiger partial charge in [0.05, 0.1) is 12.2 Å². The van der Waals surface area contributed by atoms with Gasteiger partial charge in [-0.1, -0.05) is 54.1 Å². The summed E-state index contributed by atoms with van der Waals surface area (Å²) < 4.78 is 2.03. The van der Waals surface area contributed by atoms with Crippen LogP contribution >= 0.6 is 11.6 Å². The summed E-state index contributed by atoms with van der Waals surface area (Å²) in [5, 5.41) is 19.4. The Morgan fingerprint density at radius 1 is 0.946 bits per heavy atom. The first kappa shape index (κ1) is 24.5. The SMILES string of the molecule is CCN(CC)C(=O)Nc1ccc(C2=NN(Cc3ccc(Cl)cc3)c3nnc(C)n3-c3ccccc32)cc1. The highest BCUT2D eigenvalue weighted by Gasteiger charge is 2.26. The first-order valence-corrected chi connectivity index (χ1v) is 12.6. The van der Waals surface area contributed by atoms with Crippen LogP contribution in [0.4, 0.5) is 16.4 Å². The van der Waals surface area contributed by atoms with Crippen LogP contribution in [0.2, 0.25) is 5.02 Å². The molecule has 1 aliphatic heterocycles. The molecule has 1 aromatic heterocycles. The lowest BCUT2D eigenvalue weighted by Crippen LogP contribution is -2.34. The van der Waals surface area contributed by atoms with Crippen molar-refractivity contribution in [1.29, 1.82) is 0 Å². The van der Waals surface area contributed by atoms with Gasteiger partial charge in [0.25, 0.3) is 5.95 Å². The molecule has 0 unspecified atom stereocenters. The second-order valence-electron chi connectivity index (χ2n) is 8.71. The molecule has 0 radical (unpaired) electrons. The van der Waals surface area contributed by atoms with Gasteiger partial charge in [-0.15, -0.1) is 10.2 Å². The van der Waals surface area contributed by atoms with Crippen LogP contribution in [0.1, 0.15) is 36.4 Å². The largest absolute Gasteiger partial charge is 0.325 e. The lowest BCUT2D eigenvalue weighted by molar-refractivity contribution is 0.217. The first-order chi connectivity index (χ1) is 18.0. The predicted molar refractivity (Wildman–Crippen MR) is 148 cm³/mol. The highest BCUT2D eigenvalue weighted by Crippen LogP contribution is 2.31. The van der Waals surface area contributed by atoms with Gasteiger partial charge in [-0.05, 0) is 56.7 Å². The van der Waals surface area contributed by atoms with Crippen LogP contribution in [0.3, 0.4) is 0 Å². The summed E-state index contributed by atoms with van der Waals surface area (Å²) >= 11 is 6.11. The van der Waals surface area contributed by atoms with Crippen LogP contribution in [-0.4, -0.2) is 44.5 Å². The minimum Gasteiger partial charge on any atom is -0.325 e. The summed E-state index contributed by atoms with van der Waals surface area (Å²) in [5.41, 5.74) is 5.41. The molecule has 2 heterocycles. The number of amides is 2. The highest BCUT2D eigenvalue weighted by atomic mass is 35.5. The Morgan fingerprint density at radius 3 is 2.35 bits per heavy atom. The summed E-state index contributed by atoms with van der Waals surface area (Å²) in [6.07, 6.45) is 0. The summed E-state index contributed by atoms with van der Waals surface area (Å²) in [6, 6.07) is 23.5. The van der Waals surface area contributed by atoms with E-state index in [2.05, 4.69) is 27.6 Å². The number of carbonyl (C=O) groups is 1. The minimum atomic E-state index is -0.113. The maximum absolute atomic E-state index is 12.5. The number of halogens is 1. The molecule has 3 aromatic carbocycles. The van der Waals surface area contributed by atoms with Gasteiger partial charge in [-0.25, -0.2) is 9.80 Å². The maximum Gasteiger partial charge on any atom is 0.321 e.